The van der Waals surface area contributed by atoms with Crippen LogP contribution in [0.25, 0.3) is 10.9 Å². The minimum Gasteiger partial charge on any atom is -0.365 e. The molecular formula is C25H25N3O. The van der Waals surface area contributed by atoms with Crippen LogP contribution in [0.5, 0.6) is 0 Å². The Morgan fingerprint density at radius 2 is 1.66 bits per heavy atom. The predicted molar refractivity (Wildman–Crippen MR) is 118 cm³/mol. The van der Waals surface area contributed by atoms with Crippen molar-refractivity contribution in [2.24, 2.45) is 0 Å². The minimum absolute atomic E-state index is 0.0986. The van der Waals surface area contributed by atoms with E-state index in [0.29, 0.717) is 5.56 Å². The number of carbonyl (C=O) groups is 1. The molecule has 0 bridgehead atoms. The maximum atomic E-state index is 12.8. The largest absolute Gasteiger partial charge is 0.365 e. The van der Waals surface area contributed by atoms with Gasteiger partial charge in [0.1, 0.15) is 0 Å². The summed E-state index contributed by atoms with van der Waals surface area (Å²) in [4.78, 5) is 19.9. The number of fused-ring (bicyclic) bond motifs is 1. The number of hydrogen-bond donors (Lipinski definition) is 1. The van der Waals surface area contributed by atoms with Gasteiger partial charge in [-0.15, -0.1) is 0 Å². The van der Waals surface area contributed by atoms with Gasteiger partial charge in [-0.25, -0.2) is 0 Å². The van der Waals surface area contributed by atoms with Crippen molar-refractivity contribution in [3.05, 3.63) is 77.5 Å². The van der Waals surface area contributed by atoms with Crippen LogP contribution in [0.15, 0.2) is 71.9 Å². The Bertz CT molecular complexity index is 1090. The van der Waals surface area contributed by atoms with Gasteiger partial charge in [-0.2, -0.15) is 0 Å². The minimum atomic E-state index is -0.0986. The van der Waals surface area contributed by atoms with Crippen LogP contribution in [-0.4, -0.2) is 24.0 Å². The van der Waals surface area contributed by atoms with Crippen LogP contribution < -0.4 is 10.2 Å². The Labute approximate surface area is 171 Å². The molecule has 1 N–H and O–H groups in total. The van der Waals surface area contributed by atoms with Crippen LogP contribution in [0.2, 0.25) is 0 Å². The van der Waals surface area contributed by atoms with Gasteiger partial charge >= 0.3 is 0 Å². The average molecular weight is 383 g/mol. The first-order chi connectivity index (χ1) is 14.3. The monoisotopic (exact) mass is 383 g/mol. The molecule has 0 radical (unpaired) electrons. The van der Waals surface area contributed by atoms with Crippen LogP contribution in [0.1, 0.15) is 42.5 Å². The van der Waals surface area contributed by atoms with Gasteiger partial charge in [-0.05, 0) is 50.3 Å². The number of anilines is 2. The number of benzene rings is 2. The molecule has 29 heavy (non-hydrogen) atoms. The first-order valence-corrected chi connectivity index (χ1v) is 10.5. The number of nitrogens with zero attached hydrogens (tertiary/aromatic N) is 2. The Morgan fingerprint density at radius 1 is 0.897 bits per heavy atom. The third kappa shape index (κ3) is 3.51. The van der Waals surface area contributed by atoms with E-state index in [1.165, 1.54) is 25.7 Å². The van der Waals surface area contributed by atoms with Crippen molar-refractivity contribution in [3.63, 3.8) is 0 Å². The lowest BCUT2D eigenvalue weighted by molar-refractivity contribution is 0.102. The second-order valence-corrected chi connectivity index (χ2v) is 7.94. The Hall–Kier alpha value is -3.14. The SMILES string of the molecule is O=C(Nc1cnc2ccccc2c1N1CCC2=C(CCCC2)C1)c1ccccc1. The number of hydrogen-bond acceptors (Lipinski definition) is 3. The summed E-state index contributed by atoms with van der Waals surface area (Å²) < 4.78 is 0. The van der Waals surface area contributed by atoms with Crippen LogP contribution >= 0.6 is 0 Å². The Balaban J connectivity index is 1.55. The predicted octanol–water partition coefficient (Wildman–Crippen LogP) is 5.57. The number of nitrogens with one attached hydrogen (secondary N) is 1. The molecule has 3 aromatic rings. The maximum absolute atomic E-state index is 12.8. The van der Waals surface area contributed by atoms with Gasteiger partial charge in [0.05, 0.1) is 23.1 Å². The zero-order chi connectivity index (χ0) is 19.6. The summed E-state index contributed by atoms with van der Waals surface area (Å²) in [7, 11) is 0. The third-order valence-corrected chi connectivity index (χ3v) is 6.12. The van der Waals surface area contributed by atoms with Crippen molar-refractivity contribution in [1.82, 2.24) is 4.98 Å². The average Bonchev–Trinajstić information content (AvgIpc) is 2.79. The molecule has 1 aromatic heterocycles. The van der Waals surface area contributed by atoms with Gasteiger partial charge in [0.25, 0.3) is 5.91 Å². The molecule has 2 aromatic carbocycles. The van der Waals surface area contributed by atoms with Crippen molar-refractivity contribution in [2.45, 2.75) is 32.1 Å². The molecule has 0 saturated heterocycles. The van der Waals surface area contributed by atoms with Crippen molar-refractivity contribution in [3.8, 4) is 0 Å². The number of carbonyl (C=O) groups excluding carboxylic acids is 1. The van der Waals surface area contributed by atoms with Gasteiger partial charge in [-0.1, -0.05) is 47.5 Å². The molecule has 146 valence electrons. The van der Waals surface area contributed by atoms with E-state index in [-0.39, 0.29) is 5.91 Å². The molecule has 0 spiro atoms. The molecule has 0 atom stereocenters. The fraction of sp³-hybridized carbons (Fsp3) is 0.280. The van der Waals surface area contributed by atoms with Gasteiger partial charge in [0.2, 0.25) is 0 Å². The molecule has 0 fully saturated rings. The summed E-state index contributed by atoms with van der Waals surface area (Å²) >= 11 is 0. The lowest BCUT2D eigenvalue weighted by atomic mass is 9.87. The second kappa shape index (κ2) is 7.70. The molecule has 0 unspecified atom stereocenters. The molecule has 1 amide bonds. The lowest BCUT2D eigenvalue weighted by Gasteiger charge is -2.36. The molecule has 5 rings (SSSR count). The number of aromatic nitrogens is 1. The zero-order valence-electron chi connectivity index (χ0n) is 16.5. The van der Waals surface area contributed by atoms with Crippen molar-refractivity contribution in [1.29, 1.82) is 0 Å². The van der Waals surface area contributed by atoms with Crippen LogP contribution in [0.4, 0.5) is 11.4 Å². The van der Waals surface area contributed by atoms with Crippen LogP contribution in [0, 0.1) is 0 Å². The third-order valence-electron chi connectivity index (χ3n) is 6.12. The fourth-order valence-electron chi connectivity index (χ4n) is 4.64. The van der Waals surface area contributed by atoms with Crippen LogP contribution in [-0.2, 0) is 0 Å². The molecule has 4 nitrogen and oxygen atoms in total. The van der Waals surface area contributed by atoms with E-state index >= 15 is 0 Å². The lowest BCUT2D eigenvalue weighted by Crippen LogP contribution is -2.33. The van der Waals surface area contributed by atoms with E-state index in [4.69, 9.17) is 0 Å². The smallest absolute Gasteiger partial charge is 0.255 e. The summed E-state index contributed by atoms with van der Waals surface area (Å²) in [6.07, 6.45) is 8.02. The van der Waals surface area contributed by atoms with Gasteiger partial charge in [-0.3, -0.25) is 9.78 Å². The van der Waals surface area contributed by atoms with Crippen LogP contribution in [0.3, 0.4) is 0 Å². The highest BCUT2D eigenvalue weighted by molar-refractivity contribution is 6.09. The van der Waals surface area contributed by atoms with E-state index < -0.39 is 0 Å². The summed E-state index contributed by atoms with van der Waals surface area (Å²) in [5.41, 5.74) is 6.77. The van der Waals surface area contributed by atoms with E-state index in [1.54, 1.807) is 11.1 Å². The number of rotatable bonds is 3. The summed E-state index contributed by atoms with van der Waals surface area (Å²) in [6, 6.07) is 17.6. The summed E-state index contributed by atoms with van der Waals surface area (Å²) in [5, 5.41) is 4.22. The molecule has 4 heteroatoms. The van der Waals surface area contributed by atoms with E-state index in [9.17, 15) is 4.79 Å². The molecule has 0 saturated carbocycles. The topological polar surface area (TPSA) is 45.2 Å². The molecule has 2 aliphatic rings. The van der Waals surface area contributed by atoms with Crippen molar-refractivity contribution < 1.29 is 4.79 Å². The molecule has 1 aliphatic carbocycles. The van der Waals surface area contributed by atoms with Gasteiger partial charge < -0.3 is 10.2 Å². The van der Waals surface area contributed by atoms with Gasteiger partial charge in [0, 0.05) is 24.0 Å². The quantitative estimate of drug-likeness (QED) is 0.602. The van der Waals surface area contributed by atoms with Crippen molar-refractivity contribution >= 4 is 28.2 Å². The van der Waals surface area contributed by atoms with E-state index in [2.05, 4.69) is 21.3 Å². The normalized spacial score (nSPS) is 16.6. The first kappa shape index (κ1) is 17.9. The van der Waals surface area contributed by atoms with E-state index in [0.717, 1.165) is 41.8 Å². The first-order valence-electron chi connectivity index (χ1n) is 10.5. The number of para-hydroxylation sites is 1. The Morgan fingerprint density at radius 3 is 2.52 bits per heavy atom. The number of amides is 1. The summed E-state index contributed by atoms with van der Waals surface area (Å²) in [6.45, 7) is 1.94. The molecular weight excluding hydrogens is 358 g/mol. The maximum Gasteiger partial charge on any atom is 0.255 e. The Kier molecular flexibility index (Phi) is 4.76. The summed E-state index contributed by atoms with van der Waals surface area (Å²) in [5.74, 6) is -0.0986. The van der Waals surface area contributed by atoms with Crippen molar-refractivity contribution in [2.75, 3.05) is 23.3 Å². The molecule has 2 heterocycles. The van der Waals surface area contributed by atoms with E-state index in [1.807, 2.05) is 54.7 Å². The number of pyridine rings is 1. The zero-order valence-corrected chi connectivity index (χ0v) is 16.5. The fourth-order valence-corrected chi connectivity index (χ4v) is 4.64. The highest BCUT2D eigenvalue weighted by Gasteiger charge is 2.25. The second-order valence-electron chi connectivity index (χ2n) is 7.94. The standard InChI is InChI=1S/C25H25N3O/c29-25(19-9-2-1-3-10-19)27-23-16-26-22-13-7-6-12-21(22)24(23)28-15-14-18-8-4-5-11-20(18)17-28/h1-3,6-7,9-10,12-13,16H,4-5,8,11,14-15,17H2,(H,27,29). The highest BCUT2D eigenvalue weighted by atomic mass is 16.1. The van der Waals surface area contributed by atoms with Gasteiger partial charge in [0.15, 0.2) is 0 Å². The molecule has 1 aliphatic heterocycles. The highest BCUT2D eigenvalue weighted by Crippen LogP contribution is 2.39.